The van der Waals surface area contributed by atoms with Gasteiger partial charge in [0.25, 0.3) is 0 Å². The van der Waals surface area contributed by atoms with E-state index in [0.717, 1.165) is 11.8 Å². The SMILES string of the molecule is C(=C\C1CCC1)/C1CCC1. The van der Waals surface area contributed by atoms with Crippen LogP contribution in [0.2, 0.25) is 0 Å². The number of hydrogen-bond donors (Lipinski definition) is 0. The van der Waals surface area contributed by atoms with Gasteiger partial charge in [-0.2, -0.15) is 0 Å². The van der Waals surface area contributed by atoms with Crippen molar-refractivity contribution < 1.29 is 0 Å². The molecule has 2 aliphatic carbocycles. The first-order valence-electron chi connectivity index (χ1n) is 4.63. The van der Waals surface area contributed by atoms with Gasteiger partial charge >= 0.3 is 0 Å². The average Bonchev–Trinajstić information content (AvgIpc) is 1.70. The van der Waals surface area contributed by atoms with Gasteiger partial charge in [-0.25, -0.2) is 0 Å². The van der Waals surface area contributed by atoms with Crippen LogP contribution in [0.3, 0.4) is 0 Å². The molecule has 2 fully saturated rings. The molecule has 2 saturated carbocycles. The van der Waals surface area contributed by atoms with Crippen LogP contribution < -0.4 is 0 Å². The summed E-state index contributed by atoms with van der Waals surface area (Å²) >= 11 is 0. The molecule has 0 saturated heterocycles. The van der Waals surface area contributed by atoms with E-state index in [0.29, 0.717) is 0 Å². The summed E-state index contributed by atoms with van der Waals surface area (Å²) < 4.78 is 0. The van der Waals surface area contributed by atoms with Gasteiger partial charge in [-0.3, -0.25) is 0 Å². The van der Waals surface area contributed by atoms with Gasteiger partial charge in [-0.15, -0.1) is 0 Å². The molecule has 56 valence electrons. The summed E-state index contributed by atoms with van der Waals surface area (Å²) in [6.45, 7) is 0. The Hall–Kier alpha value is -0.260. The van der Waals surface area contributed by atoms with E-state index in [1.165, 1.54) is 38.5 Å². The first-order valence-corrected chi connectivity index (χ1v) is 4.63. The zero-order valence-electron chi connectivity index (χ0n) is 6.55. The fourth-order valence-electron chi connectivity index (χ4n) is 1.58. The van der Waals surface area contributed by atoms with Crippen LogP contribution in [0.15, 0.2) is 12.2 Å². The molecular formula is C10H16. The Balaban J connectivity index is 1.70. The van der Waals surface area contributed by atoms with Crippen molar-refractivity contribution in [3.8, 4) is 0 Å². The lowest BCUT2D eigenvalue weighted by Crippen LogP contribution is -2.11. The molecule has 0 aromatic rings. The van der Waals surface area contributed by atoms with Gasteiger partial charge in [-0.05, 0) is 37.5 Å². The summed E-state index contributed by atoms with van der Waals surface area (Å²) in [6, 6.07) is 0. The Kier molecular flexibility index (Phi) is 1.79. The van der Waals surface area contributed by atoms with Crippen LogP contribution in [0.1, 0.15) is 38.5 Å². The summed E-state index contributed by atoms with van der Waals surface area (Å²) in [5.74, 6) is 1.95. The van der Waals surface area contributed by atoms with Crippen molar-refractivity contribution in [1.29, 1.82) is 0 Å². The van der Waals surface area contributed by atoms with E-state index < -0.39 is 0 Å². The normalized spacial score (nSPS) is 28.4. The molecule has 0 aromatic heterocycles. The van der Waals surface area contributed by atoms with Crippen LogP contribution in [0.25, 0.3) is 0 Å². The maximum absolute atomic E-state index is 2.47. The molecule has 0 spiro atoms. The zero-order chi connectivity index (χ0) is 6.81. The van der Waals surface area contributed by atoms with Crippen molar-refractivity contribution in [2.24, 2.45) is 11.8 Å². The first kappa shape index (κ1) is 6.45. The van der Waals surface area contributed by atoms with Crippen LogP contribution in [0, 0.1) is 11.8 Å². The Bertz CT molecular complexity index is 111. The molecule has 0 atom stereocenters. The maximum atomic E-state index is 2.47. The molecule has 0 bridgehead atoms. The standard InChI is InChI=1S/C10H16/c1-3-9(4-1)7-8-10-5-2-6-10/h7-10H,1-6H2/b8-7+. The largest absolute Gasteiger partial charge is 0.0851 e. The van der Waals surface area contributed by atoms with E-state index in [2.05, 4.69) is 12.2 Å². The Morgan fingerprint density at radius 3 is 1.30 bits per heavy atom. The van der Waals surface area contributed by atoms with E-state index in [4.69, 9.17) is 0 Å². The molecule has 0 heteroatoms. The van der Waals surface area contributed by atoms with Crippen molar-refractivity contribution in [2.45, 2.75) is 38.5 Å². The van der Waals surface area contributed by atoms with E-state index in [1.54, 1.807) is 0 Å². The molecule has 0 heterocycles. The van der Waals surface area contributed by atoms with E-state index in [-0.39, 0.29) is 0 Å². The average molecular weight is 136 g/mol. The molecule has 2 rings (SSSR count). The molecule has 10 heavy (non-hydrogen) atoms. The topological polar surface area (TPSA) is 0 Å². The van der Waals surface area contributed by atoms with Gasteiger partial charge in [0.2, 0.25) is 0 Å². The van der Waals surface area contributed by atoms with Crippen LogP contribution in [-0.4, -0.2) is 0 Å². The Morgan fingerprint density at radius 1 is 0.700 bits per heavy atom. The minimum absolute atomic E-state index is 0.973. The van der Waals surface area contributed by atoms with Crippen LogP contribution in [-0.2, 0) is 0 Å². The number of allylic oxidation sites excluding steroid dienone is 2. The first-order chi connectivity index (χ1) is 4.95. The van der Waals surface area contributed by atoms with E-state index >= 15 is 0 Å². The molecule has 0 unspecified atom stereocenters. The summed E-state index contributed by atoms with van der Waals surface area (Å²) in [5, 5.41) is 0. The lowest BCUT2D eigenvalue weighted by Gasteiger charge is -2.25. The van der Waals surface area contributed by atoms with Gasteiger partial charge in [0.05, 0.1) is 0 Å². The Labute approximate surface area is 63.3 Å². The quantitative estimate of drug-likeness (QED) is 0.511. The van der Waals surface area contributed by atoms with Crippen molar-refractivity contribution in [3.63, 3.8) is 0 Å². The van der Waals surface area contributed by atoms with Gasteiger partial charge in [0.1, 0.15) is 0 Å². The van der Waals surface area contributed by atoms with Gasteiger partial charge < -0.3 is 0 Å². The zero-order valence-corrected chi connectivity index (χ0v) is 6.55. The highest BCUT2D eigenvalue weighted by Gasteiger charge is 2.17. The lowest BCUT2D eigenvalue weighted by atomic mass is 9.81. The van der Waals surface area contributed by atoms with Crippen molar-refractivity contribution in [3.05, 3.63) is 12.2 Å². The molecule has 0 radical (unpaired) electrons. The highest BCUT2D eigenvalue weighted by Crippen LogP contribution is 2.31. The summed E-state index contributed by atoms with van der Waals surface area (Å²) in [4.78, 5) is 0. The van der Waals surface area contributed by atoms with Gasteiger partial charge in [0.15, 0.2) is 0 Å². The molecule has 0 aromatic carbocycles. The van der Waals surface area contributed by atoms with E-state index in [9.17, 15) is 0 Å². The molecule has 0 nitrogen and oxygen atoms in total. The van der Waals surface area contributed by atoms with Gasteiger partial charge in [-0.1, -0.05) is 25.0 Å². The predicted molar refractivity (Wildman–Crippen MR) is 43.8 cm³/mol. The highest BCUT2D eigenvalue weighted by atomic mass is 14.2. The fraction of sp³-hybridized carbons (Fsp3) is 0.800. The number of rotatable bonds is 2. The molecule has 0 amide bonds. The van der Waals surface area contributed by atoms with Crippen LogP contribution in [0.5, 0.6) is 0 Å². The smallest absolute Gasteiger partial charge is 0.0233 e. The Morgan fingerprint density at radius 2 is 1.10 bits per heavy atom. The maximum Gasteiger partial charge on any atom is -0.0233 e. The van der Waals surface area contributed by atoms with E-state index in [1.807, 2.05) is 0 Å². The van der Waals surface area contributed by atoms with Crippen molar-refractivity contribution in [1.82, 2.24) is 0 Å². The third-order valence-corrected chi connectivity index (χ3v) is 2.96. The lowest BCUT2D eigenvalue weighted by molar-refractivity contribution is 0.365. The third kappa shape index (κ3) is 1.25. The fourth-order valence-corrected chi connectivity index (χ4v) is 1.58. The minimum atomic E-state index is 0.973. The van der Waals surface area contributed by atoms with Crippen molar-refractivity contribution in [2.75, 3.05) is 0 Å². The highest BCUT2D eigenvalue weighted by molar-refractivity contribution is 4.98. The minimum Gasteiger partial charge on any atom is -0.0851 e. The monoisotopic (exact) mass is 136 g/mol. The van der Waals surface area contributed by atoms with Gasteiger partial charge in [0, 0.05) is 0 Å². The van der Waals surface area contributed by atoms with Crippen LogP contribution in [0.4, 0.5) is 0 Å². The number of hydrogen-bond acceptors (Lipinski definition) is 0. The second-order valence-electron chi connectivity index (χ2n) is 3.77. The predicted octanol–water partition coefficient (Wildman–Crippen LogP) is 3.14. The molecule has 0 N–H and O–H groups in total. The van der Waals surface area contributed by atoms with Crippen molar-refractivity contribution >= 4 is 0 Å². The molecule has 2 aliphatic rings. The molecular weight excluding hydrogens is 120 g/mol. The summed E-state index contributed by atoms with van der Waals surface area (Å²) in [6.07, 6.45) is 13.7. The molecule has 0 aliphatic heterocycles. The summed E-state index contributed by atoms with van der Waals surface area (Å²) in [7, 11) is 0. The second-order valence-corrected chi connectivity index (χ2v) is 3.77. The second kappa shape index (κ2) is 2.77. The van der Waals surface area contributed by atoms with Crippen LogP contribution >= 0.6 is 0 Å². The third-order valence-electron chi connectivity index (χ3n) is 2.96. The summed E-state index contributed by atoms with van der Waals surface area (Å²) in [5.41, 5.74) is 0.